The number of halogens is 1. The molecule has 2 unspecified atom stereocenters. The molecule has 0 aromatic rings. The van der Waals surface area contributed by atoms with Gasteiger partial charge in [0.2, 0.25) is 5.91 Å². The second-order valence-corrected chi connectivity index (χ2v) is 3.25. The lowest BCUT2D eigenvalue weighted by atomic mass is 10.1. The highest BCUT2D eigenvalue weighted by atomic mass is 19.1. The van der Waals surface area contributed by atoms with Crippen LogP contribution in [0.15, 0.2) is 0 Å². The molecule has 1 N–H and O–H groups in total. The van der Waals surface area contributed by atoms with E-state index in [1.165, 1.54) is 0 Å². The maximum absolute atomic E-state index is 12.7. The molecule has 0 aromatic heterocycles. The summed E-state index contributed by atoms with van der Waals surface area (Å²) in [7, 11) is 0. The monoisotopic (exact) mass is 183 g/mol. The number of alkyl halides is 1. The fraction of sp³-hybridized carbons (Fsp3) is 0.700. The van der Waals surface area contributed by atoms with Crippen molar-refractivity contribution in [3.05, 3.63) is 0 Å². The molecule has 72 valence electrons. The Kier molecular flexibility index (Phi) is 3.75. The summed E-state index contributed by atoms with van der Waals surface area (Å²) in [5, 5.41) is 2.67. The zero-order chi connectivity index (χ0) is 9.68. The van der Waals surface area contributed by atoms with Crippen LogP contribution in [0, 0.1) is 17.8 Å². The molecule has 1 aliphatic carbocycles. The van der Waals surface area contributed by atoms with Crippen molar-refractivity contribution >= 4 is 5.91 Å². The molecule has 1 fully saturated rings. The van der Waals surface area contributed by atoms with Crippen LogP contribution in [0.25, 0.3) is 0 Å². The Balaban J connectivity index is 2.26. The van der Waals surface area contributed by atoms with E-state index in [9.17, 15) is 9.18 Å². The van der Waals surface area contributed by atoms with Gasteiger partial charge in [-0.25, -0.2) is 4.39 Å². The molecule has 0 bridgehead atoms. The van der Waals surface area contributed by atoms with Crippen molar-refractivity contribution in [2.45, 2.75) is 32.4 Å². The number of carbonyl (C=O) groups excluding carboxylic acids is 1. The molecule has 0 heterocycles. The third-order valence-electron chi connectivity index (χ3n) is 2.27. The lowest BCUT2D eigenvalue weighted by molar-refractivity contribution is -0.124. The highest BCUT2D eigenvalue weighted by Gasteiger charge is 2.29. The highest BCUT2D eigenvalue weighted by Crippen LogP contribution is 2.27. The minimum atomic E-state index is -0.784. The Morgan fingerprint density at radius 3 is 2.92 bits per heavy atom. The average Bonchev–Trinajstić information content (AvgIpc) is 2.52. The predicted molar refractivity (Wildman–Crippen MR) is 48.7 cm³/mol. The van der Waals surface area contributed by atoms with E-state index in [0.29, 0.717) is 25.8 Å². The first-order valence-corrected chi connectivity index (χ1v) is 4.55. The zero-order valence-corrected chi connectivity index (χ0v) is 7.77. The topological polar surface area (TPSA) is 29.1 Å². The molecule has 1 aliphatic rings. The van der Waals surface area contributed by atoms with E-state index in [4.69, 9.17) is 0 Å². The van der Waals surface area contributed by atoms with Crippen LogP contribution >= 0.6 is 0 Å². The molecule has 2 atom stereocenters. The summed E-state index contributed by atoms with van der Waals surface area (Å²) >= 11 is 0. The molecular formula is C10H14FNO. The maximum Gasteiger partial charge on any atom is 0.223 e. The number of nitrogens with one attached hydrogen (secondary N) is 1. The van der Waals surface area contributed by atoms with E-state index < -0.39 is 6.17 Å². The summed E-state index contributed by atoms with van der Waals surface area (Å²) in [6.07, 6.45) is 0.795. The van der Waals surface area contributed by atoms with Crippen LogP contribution in [0.2, 0.25) is 0 Å². The van der Waals surface area contributed by atoms with Gasteiger partial charge in [-0.15, -0.1) is 5.92 Å². The summed E-state index contributed by atoms with van der Waals surface area (Å²) in [6.45, 7) is 2.10. The number of amides is 1. The molecule has 0 aromatic carbocycles. The van der Waals surface area contributed by atoms with Gasteiger partial charge >= 0.3 is 0 Å². The van der Waals surface area contributed by atoms with Gasteiger partial charge < -0.3 is 5.32 Å². The minimum absolute atomic E-state index is 0.0529. The van der Waals surface area contributed by atoms with Crippen LogP contribution in [0.3, 0.4) is 0 Å². The van der Waals surface area contributed by atoms with Crippen LogP contribution < -0.4 is 5.32 Å². The third kappa shape index (κ3) is 3.06. The summed E-state index contributed by atoms with van der Waals surface area (Å²) in [5.74, 6) is 5.24. The van der Waals surface area contributed by atoms with E-state index >= 15 is 0 Å². The van der Waals surface area contributed by atoms with Crippen molar-refractivity contribution in [2.75, 3.05) is 6.54 Å². The van der Waals surface area contributed by atoms with Gasteiger partial charge in [0, 0.05) is 5.92 Å². The minimum Gasteiger partial charge on any atom is -0.345 e. The van der Waals surface area contributed by atoms with Crippen LogP contribution in [0.5, 0.6) is 0 Å². The van der Waals surface area contributed by atoms with Crippen molar-refractivity contribution in [1.29, 1.82) is 0 Å². The first-order chi connectivity index (χ1) is 6.24. The van der Waals surface area contributed by atoms with Gasteiger partial charge in [0.25, 0.3) is 0 Å². The second-order valence-electron chi connectivity index (χ2n) is 3.25. The lowest BCUT2D eigenvalue weighted by Crippen LogP contribution is -2.29. The van der Waals surface area contributed by atoms with E-state index in [-0.39, 0.29) is 11.8 Å². The number of rotatable bonds is 2. The second kappa shape index (κ2) is 4.86. The normalized spacial score (nSPS) is 26.3. The quantitative estimate of drug-likeness (QED) is 0.642. The Morgan fingerprint density at radius 1 is 1.62 bits per heavy atom. The summed E-state index contributed by atoms with van der Waals surface area (Å²) in [4.78, 5) is 11.3. The molecule has 0 radical (unpaired) electrons. The van der Waals surface area contributed by atoms with E-state index in [0.717, 1.165) is 0 Å². The van der Waals surface area contributed by atoms with E-state index in [1.807, 2.05) is 0 Å². The van der Waals surface area contributed by atoms with Gasteiger partial charge in [-0.3, -0.25) is 4.79 Å². The number of hydrogen-bond donors (Lipinski definition) is 1. The van der Waals surface area contributed by atoms with Gasteiger partial charge in [-0.2, -0.15) is 0 Å². The van der Waals surface area contributed by atoms with Gasteiger partial charge in [0.15, 0.2) is 0 Å². The molecule has 0 spiro atoms. The number of carbonyl (C=O) groups is 1. The molecule has 13 heavy (non-hydrogen) atoms. The lowest BCUT2D eigenvalue weighted by Gasteiger charge is -2.07. The molecule has 1 rings (SSSR count). The molecular weight excluding hydrogens is 169 g/mol. The molecule has 2 nitrogen and oxygen atoms in total. The van der Waals surface area contributed by atoms with Gasteiger partial charge in [-0.1, -0.05) is 5.92 Å². The summed E-state index contributed by atoms with van der Waals surface area (Å²) in [6, 6.07) is 0. The third-order valence-corrected chi connectivity index (χ3v) is 2.27. The van der Waals surface area contributed by atoms with Crippen molar-refractivity contribution in [3.8, 4) is 11.8 Å². The van der Waals surface area contributed by atoms with Gasteiger partial charge in [0.05, 0.1) is 6.54 Å². The molecule has 0 aliphatic heterocycles. The molecule has 1 saturated carbocycles. The maximum atomic E-state index is 12.7. The van der Waals surface area contributed by atoms with E-state index in [2.05, 4.69) is 17.2 Å². The van der Waals surface area contributed by atoms with E-state index in [1.54, 1.807) is 6.92 Å². The Hall–Kier alpha value is -1.04. The van der Waals surface area contributed by atoms with Gasteiger partial charge in [0.1, 0.15) is 6.17 Å². The van der Waals surface area contributed by atoms with Crippen molar-refractivity contribution in [1.82, 2.24) is 5.32 Å². The fourth-order valence-electron chi connectivity index (χ4n) is 1.53. The van der Waals surface area contributed by atoms with Crippen LogP contribution in [-0.4, -0.2) is 18.6 Å². The van der Waals surface area contributed by atoms with Crippen molar-refractivity contribution in [2.24, 2.45) is 5.92 Å². The zero-order valence-electron chi connectivity index (χ0n) is 7.77. The van der Waals surface area contributed by atoms with Crippen molar-refractivity contribution < 1.29 is 9.18 Å². The Morgan fingerprint density at radius 2 is 2.38 bits per heavy atom. The first kappa shape index (κ1) is 10.0. The molecule has 3 heteroatoms. The Labute approximate surface area is 77.9 Å². The highest BCUT2D eigenvalue weighted by molar-refractivity contribution is 5.79. The summed E-state index contributed by atoms with van der Waals surface area (Å²) < 4.78 is 12.7. The molecule has 0 saturated heterocycles. The molecule has 1 amide bonds. The van der Waals surface area contributed by atoms with Crippen LogP contribution in [-0.2, 0) is 4.79 Å². The van der Waals surface area contributed by atoms with Crippen molar-refractivity contribution in [3.63, 3.8) is 0 Å². The smallest absolute Gasteiger partial charge is 0.223 e. The first-order valence-electron chi connectivity index (χ1n) is 4.55. The van der Waals surface area contributed by atoms with Crippen LogP contribution in [0.4, 0.5) is 4.39 Å². The average molecular weight is 183 g/mol. The predicted octanol–water partition coefficient (Wildman–Crippen LogP) is 1.26. The fourth-order valence-corrected chi connectivity index (χ4v) is 1.53. The standard InChI is InChI=1S/C10H14FNO/c1-2-3-6-12-10(13)8-4-5-9(11)7-8/h8-9H,4-7H2,1H3,(H,12,13). The Bertz CT molecular complexity index is 241. The van der Waals surface area contributed by atoms with Gasteiger partial charge in [-0.05, 0) is 26.2 Å². The largest absolute Gasteiger partial charge is 0.345 e. The van der Waals surface area contributed by atoms with Crippen LogP contribution in [0.1, 0.15) is 26.2 Å². The SMILES string of the molecule is CC#CCNC(=O)C1CCC(F)C1. The summed E-state index contributed by atoms with van der Waals surface area (Å²) in [5.41, 5.74) is 0. The number of hydrogen-bond acceptors (Lipinski definition) is 1.